The molecule has 0 aliphatic carbocycles. The predicted octanol–water partition coefficient (Wildman–Crippen LogP) is 3.30. The largest absolute Gasteiger partial charge is 0.490 e. The zero-order chi connectivity index (χ0) is 18.9. The van der Waals surface area contributed by atoms with Crippen molar-refractivity contribution >= 4 is 17.5 Å². The van der Waals surface area contributed by atoms with Crippen LogP contribution < -0.4 is 20.1 Å². The van der Waals surface area contributed by atoms with Crippen LogP contribution in [0.4, 0.5) is 5.69 Å². The molecule has 0 bridgehead atoms. The first kappa shape index (κ1) is 19.3. The minimum Gasteiger partial charge on any atom is -0.490 e. The van der Waals surface area contributed by atoms with Gasteiger partial charge in [-0.2, -0.15) is 0 Å². The third-order valence-electron chi connectivity index (χ3n) is 3.65. The van der Waals surface area contributed by atoms with E-state index < -0.39 is 11.8 Å². The fraction of sp³-hybridized carbons (Fsp3) is 0.300. The lowest BCUT2D eigenvalue weighted by Gasteiger charge is -2.15. The summed E-state index contributed by atoms with van der Waals surface area (Å²) < 4.78 is 11.0. The van der Waals surface area contributed by atoms with Crippen molar-refractivity contribution in [3.8, 4) is 11.5 Å². The first-order chi connectivity index (χ1) is 12.5. The molecule has 0 aromatic heterocycles. The van der Waals surface area contributed by atoms with Crippen LogP contribution in [-0.2, 0) is 9.59 Å². The SMILES string of the molecule is CCOc1ccc(NC(=O)C(=O)NC(C)c2ccccc2)cc1OCC. The van der Waals surface area contributed by atoms with Crippen LogP contribution in [-0.4, -0.2) is 25.0 Å². The molecule has 2 aromatic carbocycles. The number of amides is 2. The Labute approximate surface area is 153 Å². The first-order valence-corrected chi connectivity index (χ1v) is 8.61. The molecule has 2 aromatic rings. The van der Waals surface area contributed by atoms with Crippen molar-refractivity contribution in [2.45, 2.75) is 26.8 Å². The second kappa shape index (κ2) is 9.46. The van der Waals surface area contributed by atoms with Gasteiger partial charge in [0.2, 0.25) is 0 Å². The summed E-state index contributed by atoms with van der Waals surface area (Å²) in [7, 11) is 0. The van der Waals surface area contributed by atoms with E-state index in [4.69, 9.17) is 9.47 Å². The van der Waals surface area contributed by atoms with Gasteiger partial charge in [-0.25, -0.2) is 0 Å². The number of hydrogen-bond donors (Lipinski definition) is 2. The maximum atomic E-state index is 12.2. The second-order valence-corrected chi connectivity index (χ2v) is 5.59. The van der Waals surface area contributed by atoms with Crippen molar-refractivity contribution in [2.24, 2.45) is 0 Å². The monoisotopic (exact) mass is 356 g/mol. The van der Waals surface area contributed by atoms with E-state index in [1.807, 2.05) is 51.1 Å². The molecule has 0 saturated heterocycles. The smallest absolute Gasteiger partial charge is 0.313 e. The van der Waals surface area contributed by atoms with Crippen molar-refractivity contribution in [3.05, 3.63) is 54.1 Å². The highest BCUT2D eigenvalue weighted by atomic mass is 16.5. The number of rotatable bonds is 7. The summed E-state index contributed by atoms with van der Waals surface area (Å²) in [4.78, 5) is 24.3. The summed E-state index contributed by atoms with van der Waals surface area (Å²) >= 11 is 0. The summed E-state index contributed by atoms with van der Waals surface area (Å²) in [6.45, 7) is 6.53. The highest BCUT2D eigenvalue weighted by Gasteiger charge is 2.18. The molecule has 0 saturated carbocycles. The van der Waals surface area contributed by atoms with Crippen molar-refractivity contribution in [1.82, 2.24) is 5.32 Å². The molecule has 0 aliphatic heterocycles. The van der Waals surface area contributed by atoms with Gasteiger partial charge in [0.15, 0.2) is 11.5 Å². The maximum Gasteiger partial charge on any atom is 0.313 e. The van der Waals surface area contributed by atoms with Gasteiger partial charge in [-0.15, -0.1) is 0 Å². The zero-order valence-corrected chi connectivity index (χ0v) is 15.2. The summed E-state index contributed by atoms with van der Waals surface area (Å²) in [5.74, 6) is -0.327. The Bertz CT molecular complexity index is 747. The third-order valence-corrected chi connectivity index (χ3v) is 3.65. The van der Waals surface area contributed by atoms with Crippen LogP contribution in [0.25, 0.3) is 0 Å². The Morgan fingerprint density at radius 1 is 0.923 bits per heavy atom. The Morgan fingerprint density at radius 2 is 1.58 bits per heavy atom. The number of carbonyl (C=O) groups excluding carboxylic acids is 2. The lowest BCUT2D eigenvalue weighted by atomic mass is 10.1. The van der Waals surface area contributed by atoms with E-state index >= 15 is 0 Å². The van der Waals surface area contributed by atoms with Crippen molar-refractivity contribution in [2.75, 3.05) is 18.5 Å². The van der Waals surface area contributed by atoms with E-state index in [0.717, 1.165) is 5.56 Å². The molecule has 0 aliphatic rings. The molecule has 2 N–H and O–H groups in total. The third kappa shape index (κ3) is 5.24. The van der Waals surface area contributed by atoms with E-state index in [1.54, 1.807) is 18.2 Å². The normalized spacial score (nSPS) is 11.3. The lowest BCUT2D eigenvalue weighted by Crippen LogP contribution is -2.36. The van der Waals surface area contributed by atoms with E-state index in [0.29, 0.717) is 30.4 Å². The summed E-state index contributed by atoms with van der Waals surface area (Å²) in [6.07, 6.45) is 0. The van der Waals surface area contributed by atoms with E-state index in [9.17, 15) is 9.59 Å². The van der Waals surface area contributed by atoms with Gasteiger partial charge in [-0.05, 0) is 38.5 Å². The van der Waals surface area contributed by atoms with Crippen LogP contribution in [0, 0.1) is 0 Å². The maximum absolute atomic E-state index is 12.2. The van der Waals surface area contributed by atoms with Gasteiger partial charge >= 0.3 is 11.8 Å². The van der Waals surface area contributed by atoms with Gasteiger partial charge in [-0.1, -0.05) is 30.3 Å². The van der Waals surface area contributed by atoms with Gasteiger partial charge in [-0.3, -0.25) is 9.59 Å². The molecule has 6 heteroatoms. The van der Waals surface area contributed by atoms with E-state index in [-0.39, 0.29) is 6.04 Å². The van der Waals surface area contributed by atoms with E-state index in [1.165, 1.54) is 0 Å². The number of hydrogen-bond acceptors (Lipinski definition) is 4. The molecule has 0 radical (unpaired) electrons. The molecule has 0 fully saturated rings. The topological polar surface area (TPSA) is 76.7 Å². The molecule has 0 spiro atoms. The quantitative estimate of drug-likeness (QED) is 0.746. The molecule has 138 valence electrons. The van der Waals surface area contributed by atoms with Gasteiger partial charge in [0, 0.05) is 11.8 Å². The fourth-order valence-electron chi connectivity index (χ4n) is 2.40. The fourth-order valence-corrected chi connectivity index (χ4v) is 2.40. The van der Waals surface area contributed by atoms with Crippen LogP contribution in [0.15, 0.2) is 48.5 Å². The minimum atomic E-state index is -0.737. The summed E-state index contributed by atoms with van der Waals surface area (Å²) in [6, 6.07) is 14.2. The number of nitrogens with one attached hydrogen (secondary N) is 2. The van der Waals surface area contributed by atoms with Crippen LogP contribution in [0.3, 0.4) is 0 Å². The van der Waals surface area contributed by atoms with Gasteiger partial charge in [0.25, 0.3) is 0 Å². The molecule has 6 nitrogen and oxygen atoms in total. The van der Waals surface area contributed by atoms with Crippen molar-refractivity contribution in [1.29, 1.82) is 0 Å². The Kier molecular flexibility index (Phi) is 7.02. The van der Waals surface area contributed by atoms with Crippen LogP contribution in [0.2, 0.25) is 0 Å². The molecule has 1 unspecified atom stereocenters. The zero-order valence-electron chi connectivity index (χ0n) is 15.2. The highest BCUT2D eigenvalue weighted by Crippen LogP contribution is 2.30. The average molecular weight is 356 g/mol. The summed E-state index contributed by atoms with van der Waals surface area (Å²) in [5.41, 5.74) is 1.39. The van der Waals surface area contributed by atoms with Crippen LogP contribution >= 0.6 is 0 Å². The number of benzene rings is 2. The highest BCUT2D eigenvalue weighted by molar-refractivity contribution is 6.39. The predicted molar refractivity (Wildman–Crippen MR) is 100 cm³/mol. The lowest BCUT2D eigenvalue weighted by molar-refractivity contribution is -0.136. The molecule has 26 heavy (non-hydrogen) atoms. The van der Waals surface area contributed by atoms with E-state index in [2.05, 4.69) is 10.6 Å². The minimum absolute atomic E-state index is 0.270. The van der Waals surface area contributed by atoms with Gasteiger partial charge < -0.3 is 20.1 Å². The second-order valence-electron chi connectivity index (χ2n) is 5.59. The standard InChI is InChI=1S/C20H24N2O4/c1-4-25-17-12-11-16(13-18(17)26-5-2)22-20(24)19(23)21-14(3)15-9-7-6-8-10-15/h6-14H,4-5H2,1-3H3,(H,21,23)(H,22,24). The molecule has 2 rings (SSSR count). The van der Waals surface area contributed by atoms with Crippen LogP contribution in [0.5, 0.6) is 11.5 Å². The number of ether oxygens (including phenoxy) is 2. The molecule has 1 atom stereocenters. The Balaban J connectivity index is 2.02. The van der Waals surface area contributed by atoms with Crippen LogP contribution in [0.1, 0.15) is 32.4 Å². The summed E-state index contributed by atoms with van der Waals surface area (Å²) in [5, 5.41) is 5.26. The number of carbonyl (C=O) groups is 2. The first-order valence-electron chi connectivity index (χ1n) is 8.61. The Morgan fingerprint density at radius 3 is 2.23 bits per heavy atom. The average Bonchev–Trinajstić information content (AvgIpc) is 2.64. The molecule has 2 amide bonds. The number of anilines is 1. The molecular formula is C20H24N2O4. The molecule has 0 heterocycles. The van der Waals surface area contributed by atoms with Gasteiger partial charge in [0.1, 0.15) is 0 Å². The van der Waals surface area contributed by atoms with Gasteiger partial charge in [0.05, 0.1) is 19.3 Å². The van der Waals surface area contributed by atoms with Crippen molar-refractivity contribution in [3.63, 3.8) is 0 Å². The Hall–Kier alpha value is -3.02. The van der Waals surface area contributed by atoms with Crippen molar-refractivity contribution < 1.29 is 19.1 Å². The molecular weight excluding hydrogens is 332 g/mol.